The third kappa shape index (κ3) is 3.27. The second kappa shape index (κ2) is 6.54. The van der Waals surface area contributed by atoms with Crippen molar-refractivity contribution in [1.29, 1.82) is 0 Å². The van der Waals surface area contributed by atoms with Gasteiger partial charge >= 0.3 is 0 Å². The lowest BCUT2D eigenvalue weighted by atomic mass is 10.1. The van der Waals surface area contributed by atoms with E-state index in [1.165, 1.54) is 16.9 Å². The predicted octanol–water partition coefficient (Wildman–Crippen LogP) is 3.79. The Morgan fingerprint density at radius 2 is 2.00 bits per heavy atom. The van der Waals surface area contributed by atoms with E-state index < -0.39 is 0 Å². The lowest BCUT2D eigenvalue weighted by Crippen LogP contribution is -2.20. The van der Waals surface area contributed by atoms with E-state index in [1.54, 1.807) is 16.3 Å². The number of nitrogens with two attached hydrogens (primary N) is 1. The van der Waals surface area contributed by atoms with Crippen LogP contribution in [0.4, 0.5) is 0 Å². The highest BCUT2D eigenvalue weighted by Crippen LogP contribution is 2.29. The lowest BCUT2D eigenvalue weighted by Gasteiger charge is -2.11. The summed E-state index contributed by atoms with van der Waals surface area (Å²) in [5, 5.41) is 13.7. The highest BCUT2D eigenvalue weighted by Gasteiger charge is 2.20. The van der Waals surface area contributed by atoms with Crippen LogP contribution in [0.3, 0.4) is 0 Å². The molecule has 0 spiro atoms. The van der Waals surface area contributed by atoms with Crippen LogP contribution in [-0.2, 0) is 5.75 Å². The molecular formula is C14H16ClN5S2. The maximum absolute atomic E-state index is 6.16. The maximum Gasteiger partial charge on any atom is 0.235 e. The molecule has 8 heteroatoms. The summed E-state index contributed by atoms with van der Waals surface area (Å²) in [5.74, 6) is 1.85. The van der Waals surface area contributed by atoms with E-state index in [0.29, 0.717) is 5.92 Å². The molecule has 3 aromatic rings. The Morgan fingerprint density at radius 3 is 2.68 bits per heavy atom. The Balaban J connectivity index is 1.76. The molecular weight excluding hydrogens is 338 g/mol. The number of nitrogens with zero attached hydrogens (tertiary/aromatic N) is 4. The summed E-state index contributed by atoms with van der Waals surface area (Å²) in [6.45, 7) is 4.13. The Morgan fingerprint density at radius 1 is 1.27 bits per heavy atom. The Labute approximate surface area is 141 Å². The molecule has 5 nitrogen and oxygen atoms in total. The van der Waals surface area contributed by atoms with Crippen LogP contribution >= 0.6 is 34.7 Å². The first-order valence-corrected chi connectivity index (χ1v) is 9.07. The number of hydrogen-bond donors (Lipinski definition) is 1. The van der Waals surface area contributed by atoms with E-state index in [4.69, 9.17) is 17.3 Å². The van der Waals surface area contributed by atoms with Gasteiger partial charge in [-0.15, -0.1) is 15.3 Å². The zero-order chi connectivity index (χ0) is 15.7. The summed E-state index contributed by atoms with van der Waals surface area (Å²) in [6, 6.07) is 7.68. The first-order valence-electron chi connectivity index (χ1n) is 6.89. The van der Waals surface area contributed by atoms with Crippen LogP contribution in [0.25, 0.3) is 4.96 Å². The van der Waals surface area contributed by atoms with Crippen LogP contribution in [0.2, 0.25) is 5.02 Å². The van der Waals surface area contributed by atoms with E-state index in [1.807, 2.05) is 24.3 Å². The van der Waals surface area contributed by atoms with Gasteiger partial charge in [-0.05, 0) is 23.6 Å². The summed E-state index contributed by atoms with van der Waals surface area (Å²) < 4.78 is 2.72. The summed E-state index contributed by atoms with van der Waals surface area (Å²) >= 11 is 9.10. The topological polar surface area (TPSA) is 69.1 Å². The molecule has 2 heterocycles. The molecule has 0 bridgehead atoms. The number of benzene rings is 1. The molecule has 2 N–H and O–H groups in total. The molecule has 0 unspecified atom stereocenters. The zero-order valence-electron chi connectivity index (χ0n) is 12.2. The Hall–Kier alpha value is -1.15. The zero-order valence-corrected chi connectivity index (χ0v) is 14.6. The predicted molar refractivity (Wildman–Crippen MR) is 91.4 cm³/mol. The molecule has 2 aromatic heterocycles. The number of thioether (sulfide) groups is 1. The largest absolute Gasteiger partial charge is 0.321 e. The Bertz CT molecular complexity index is 765. The van der Waals surface area contributed by atoms with Crippen LogP contribution in [0.5, 0.6) is 0 Å². The summed E-state index contributed by atoms with van der Waals surface area (Å²) in [4.78, 5) is 0.782. The molecule has 1 atom stereocenters. The van der Waals surface area contributed by atoms with Crippen LogP contribution in [0.1, 0.15) is 31.3 Å². The van der Waals surface area contributed by atoms with Gasteiger partial charge in [0.25, 0.3) is 0 Å². The number of aromatic nitrogens is 4. The molecule has 0 amide bonds. The first kappa shape index (κ1) is 15.7. The number of rotatable bonds is 5. The van der Waals surface area contributed by atoms with Gasteiger partial charge in [-0.2, -0.15) is 4.52 Å². The molecule has 0 saturated carbocycles. The maximum atomic E-state index is 6.16. The van der Waals surface area contributed by atoms with E-state index in [2.05, 4.69) is 29.1 Å². The minimum atomic E-state index is -0.161. The average Bonchev–Trinajstić information content (AvgIpc) is 3.05. The highest BCUT2D eigenvalue weighted by molar-refractivity contribution is 8.00. The van der Waals surface area contributed by atoms with Crippen molar-refractivity contribution in [2.75, 3.05) is 0 Å². The van der Waals surface area contributed by atoms with Crippen molar-refractivity contribution in [1.82, 2.24) is 19.8 Å². The van der Waals surface area contributed by atoms with Gasteiger partial charge in [-0.1, -0.05) is 60.7 Å². The van der Waals surface area contributed by atoms with Crippen LogP contribution < -0.4 is 5.73 Å². The summed E-state index contributed by atoms with van der Waals surface area (Å²) in [6.07, 6.45) is 0. The Kier molecular flexibility index (Phi) is 4.67. The third-order valence-electron chi connectivity index (χ3n) is 3.29. The van der Waals surface area contributed by atoms with Gasteiger partial charge in [0.05, 0.1) is 6.04 Å². The van der Waals surface area contributed by atoms with Crippen molar-refractivity contribution in [3.05, 3.63) is 40.7 Å². The van der Waals surface area contributed by atoms with Crippen molar-refractivity contribution in [2.45, 2.75) is 30.0 Å². The fourth-order valence-corrected chi connectivity index (χ4v) is 3.87. The summed E-state index contributed by atoms with van der Waals surface area (Å²) in [7, 11) is 0. The van der Waals surface area contributed by atoms with Crippen molar-refractivity contribution < 1.29 is 0 Å². The van der Waals surface area contributed by atoms with Gasteiger partial charge in [0.1, 0.15) is 0 Å². The SMILES string of the molecule is CC(C)[C@H](N)c1nnc2sc(SCc3ccc(Cl)cc3)nn12. The van der Waals surface area contributed by atoms with Gasteiger partial charge in [-0.25, -0.2) is 0 Å². The normalized spacial score (nSPS) is 13.1. The fourth-order valence-electron chi connectivity index (χ4n) is 1.90. The first-order chi connectivity index (χ1) is 10.5. The van der Waals surface area contributed by atoms with Gasteiger partial charge in [0.15, 0.2) is 10.2 Å². The standard InChI is InChI=1S/C14H16ClN5S2/c1-8(2)11(16)12-17-18-13-20(12)19-14(22-13)21-7-9-3-5-10(15)6-4-9/h3-6,8,11H,7,16H2,1-2H3/t11-/m0/s1. The van der Waals surface area contributed by atoms with Crippen LogP contribution in [-0.4, -0.2) is 19.8 Å². The molecule has 0 aliphatic rings. The van der Waals surface area contributed by atoms with Gasteiger partial charge in [0.2, 0.25) is 4.96 Å². The van der Waals surface area contributed by atoms with E-state index >= 15 is 0 Å². The minimum absolute atomic E-state index is 0.161. The molecule has 116 valence electrons. The average molecular weight is 354 g/mol. The van der Waals surface area contributed by atoms with E-state index in [9.17, 15) is 0 Å². The molecule has 0 aliphatic heterocycles. The monoisotopic (exact) mass is 353 g/mol. The van der Waals surface area contributed by atoms with Crippen molar-refractivity contribution >= 4 is 39.7 Å². The molecule has 22 heavy (non-hydrogen) atoms. The van der Waals surface area contributed by atoms with Crippen LogP contribution in [0, 0.1) is 5.92 Å². The molecule has 0 saturated heterocycles. The molecule has 0 aliphatic carbocycles. The van der Waals surface area contributed by atoms with E-state index in [0.717, 1.165) is 25.9 Å². The quantitative estimate of drug-likeness (QED) is 0.707. The molecule has 0 fully saturated rings. The van der Waals surface area contributed by atoms with Crippen molar-refractivity contribution in [3.8, 4) is 0 Å². The second-order valence-electron chi connectivity index (χ2n) is 5.31. The lowest BCUT2D eigenvalue weighted by molar-refractivity contribution is 0.479. The van der Waals surface area contributed by atoms with Crippen molar-refractivity contribution in [3.63, 3.8) is 0 Å². The molecule has 1 aromatic carbocycles. The number of halogens is 1. The second-order valence-corrected chi connectivity index (χ2v) is 7.92. The van der Waals surface area contributed by atoms with E-state index in [-0.39, 0.29) is 6.04 Å². The third-order valence-corrected chi connectivity index (χ3v) is 5.64. The van der Waals surface area contributed by atoms with Crippen LogP contribution in [0.15, 0.2) is 28.6 Å². The smallest absolute Gasteiger partial charge is 0.235 e. The minimum Gasteiger partial charge on any atom is -0.321 e. The van der Waals surface area contributed by atoms with Gasteiger partial charge in [-0.3, -0.25) is 0 Å². The van der Waals surface area contributed by atoms with Gasteiger partial charge < -0.3 is 5.73 Å². The summed E-state index contributed by atoms with van der Waals surface area (Å²) in [5.41, 5.74) is 7.37. The highest BCUT2D eigenvalue weighted by atomic mass is 35.5. The number of fused-ring (bicyclic) bond motifs is 1. The molecule has 0 radical (unpaired) electrons. The number of hydrogen-bond acceptors (Lipinski definition) is 6. The molecule has 3 rings (SSSR count). The van der Waals surface area contributed by atoms with Gasteiger partial charge in [0, 0.05) is 10.8 Å². The van der Waals surface area contributed by atoms with Crippen molar-refractivity contribution in [2.24, 2.45) is 11.7 Å². The fraction of sp³-hybridized carbons (Fsp3) is 0.357.